The summed E-state index contributed by atoms with van der Waals surface area (Å²) in [6, 6.07) is 0. The van der Waals surface area contributed by atoms with Gasteiger partial charge >= 0.3 is 11.9 Å². The summed E-state index contributed by atoms with van der Waals surface area (Å²) < 4.78 is 34.5. The van der Waals surface area contributed by atoms with Crippen molar-refractivity contribution in [3.8, 4) is 0 Å². The molecule has 0 aliphatic carbocycles. The zero-order chi connectivity index (χ0) is 74.7. The zero-order valence-corrected chi connectivity index (χ0v) is 70.4. The monoisotopic (exact) mass is 1470 g/mol. The summed E-state index contributed by atoms with van der Waals surface area (Å²) in [5, 5.41) is 0. The van der Waals surface area contributed by atoms with Crippen LogP contribution in [0.5, 0.6) is 0 Å². The fourth-order valence-electron chi connectivity index (χ4n) is 13.9. The van der Waals surface area contributed by atoms with E-state index in [1.807, 2.05) is 21.1 Å². The molecule has 0 saturated carbocycles. The van der Waals surface area contributed by atoms with Crippen LogP contribution in [0.25, 0.3) is 0 Å². The second-order valence-electron chi connectivity index (χ2n) is 32.3. The van der Waals surface area contributed by atoms with E-state index >= 15 is 0 Å². The van der Waals surface area contributed by atoms with Crippen LogP contribution in [-0.2, 0) is 32.7 Å². The van der Waals surface area contributed by atoms with Gasteiger partial charge in [-0.05, 0) is 57.8 Å². The van der Waals surface area contributed by atoms with E-state index in [0.717, 1.165) is 64.2 Å². The molecule has 0 N–H and O–H groups in total. The second-order valence-corrected chi connectivity index (χ2v) is 33.7. The Morgan fingerprint density at radius 3 is 0.825 bits per heavy atom. The highest BCUT2D eigenvalue weighted by molar-refractivity contribution is 7.45. The maximum Gasteiger partial charge on any atom is 0.306 e. The lowest BCUT2D eigenvalue weighted by Gasteiger charge is -2.28. The Labute approximate surface area is 642 Å². The van der Waals surface area contributed by atoms with Gasteiger partial charge in [0, 0.05) is 12.8 Å². The predicted molar refractivity (Wildman–Crippen MR) is 448 cm³/mol. The van der Waals surface area contributed by atoms with Crippen LogP contribution < -0.4 is 4.89 Å². The Bertz CT molecular complexity index is 1920. The SMILES string of the molecule is CC/C=C\C/C=C\C/C=C\C/C=C\C/C=C\CCCCCCCCCCCCCCCCCCCCCCCCCC(=O)OC(COC(=O)CCCCCCCCCCCCCCCCCCCCCCCCCCCCCCCCCCCCCCCCCC)COP(=O)([O-])OCC[N+](C)(C)C. The first-order chi connectivity index (χ1) is 50.5. The molecule has 0 spiro atoms. The molecule has 0 fully saturated rings. The summed E-state index contributed by atoms with van der Waals surface area (Å²) in [6.07, 6.45) is 114. The maximum atomic E-state index is 12.9. The number of phosphoric acid groups is 1. The average Bonchev–Trinajstić information content (AvgIpc) is 1.01. The number of esters is 2. The first-order valence-electron chi connectivity index (χ1n) is 45.5. The summed E-state index contributed by atoms with van der Waals surface area (Å²) >= 11 is 0. The number of carbonyl (C=O) groups excluding carboxylic acids is 2. The Balaban J connectivity index is 3.83. The van der Waals surface area contributed by atoms with Gasteiger partial charge in [0.25, 0.3) is 7.82 Å². The quantitative estimate of drug-likeness (QED) is 0.0195. The predicted octanol–water partition coefficient (Wildman–Crippen LogP) is 30.2. The number of unbranched alkanes of at least 4 members (excludes halogenated alkanes) is 62. The molecule has 0 aromatic rings. The van der Waals surface area contributed by atoms with Crippen molar-refractivity contribution in [2.24, 2.45) is 0 Å². The van der Waals surface area contributed by atoms with Gasteiger partial charge < -0.3 is 27.9 Å². The molecule has 2 atom stereocenters. The lowest BCUT2D eigenvalue weighted by molar-refractivity contribution is -0.870. The maximum absolute atomic E-state index is 12.9. The van der Waals surface area contributed by atoms with E-state index < -0.39 is 26.5 Å². The molecular weight excluding hydrogens is 1290 g/mol. The molecule has 0 aliphatic rings. The van der Waals surface area contributed by atoms with E-state index in [-0.39, 0.29) is 32.0 Å². The van der Waals surface area contributed by atoms with E-state index in [9.17, 15) is 19.0 Å². The molecule has 0 aromatic heterocycles. The number of hydrogen-bond donors (Lipinski definition) is 0. The summed E-state index contributed by atoms with van der Waals surface area (Å²) in [7, 11) is 1.19. The minimum absolute atomic E-state index is 0.0276. The molecule has 2 unspecified atom stereocenters. The second kappa shape index (κ2) is 83.7. The molecule has 0 radical (unpaired) electrons. The number of phosphoric ester groups is 1. The standard InChI is InChI=1S/C93H176NO8P/c1-6-8-10-12-14-16-18-20-22-24-26-28-30-32-34-36-38-40-42-44-46-48-49-51-53-55-57-59-61-63-65-67-69-71-73-75-77-79-81-83-85-92(95)99-89-91(90-101-103(97,98)100-88-87-94(3,4)5)102-93(96)86-84-82-80-78-76-74-72-70-68-66-64-62-60-58-56-54-52-50-47-45-43-41-39-37-35-33-31-29-27-25-23-21-19-17-15-13-11-9-7-2/h9,11,15,17,21,23,27,29,33,35,91H,6-8,10,12-14,16,18-20,22,24-26,28,30-32,34,36-90H2,1-5H3/b11-9-,17-15-,23-21-,29-27-,35-33-. The van der Waals surface area contributed by atoms with E-state index in [1.165, 1.54) is 372 Å². The Kier molecular flexibility index (Phi) is 81.9. The molecule has 0 rings (SSSR count). The number of hydrogen-bond acceptors (Lipinski definition) is 8. The van der Waals surface area contributed by atoms with Crippen molar-refractivity contribution in [1.29, 1.82) is 0 Å². The fraction of sp³-hybridized carbons (Fsp3) is 0.871. The highest BCUT2D eigenvalue weighted by Crippen LogP contribution is 2.38. The largest absolute Gasteiger partial charge is 0.756 e. The summed E-state index contributed by atoms with van der Waals surface area (Å²) in [6.45, 7) is 4.22. The topological polar surface area (TPSA) is 111 Å². The number of likely N-dealkylation sites (N-methyl/N-ethyl adjacent to an activating group) is 1. The van der Waals surface area contributed by atoms with E-state index in [2.05, 4.69) is 74.6 Å². The highest BCUT2D eigenvalue weighted by atomic mass is 31.2. The summed E-state index contributed by atoms with van der Waals surface area (Å²) in [4.78, 5) is 38.3. The van der Waals surface area contributed by atoms with Crippen molar-refractivity contribution in [1.82, 2.24) is 0 Å². The molecule has 10 heteroatoms. The smallest absolute Gasteiger partial charge is 0.306 e. The molecule has 0 saturated heterocycles. The van der Waals surface area contributed by atoms with E-state index in [0.29, 0.717) is 17.4 Å². The van der Waals surface area contributed by atoms with Gasteiger partial charge in [-0.2, -0.15) is 0 Å². The summed E-state index contributed by atoms with van der Waals surface area (Å²) in [5.41, 5.74) is 0. The van der Waals surface area contributed by atoms with Gasteiger partial charge in [-0.25, -0.2) is 0 Å². The molecule has 0 aliphatic heterocycles. The van der Waals surface area contributed by atoms with Crippen molar-refractivity contribution in [3.05, 3.63) is 60.8 Å². The van der Waals surface area contributed by atoms with Crippen LogP contribution >= 0.6 is 7.82 Å². The van der Waals surface area contributed by atoms with E-state index in [4.69, 9.17) is 18.5 Å². The van der Waals surface area contributed by atoms with Crippen molar-refractivity contribution in [3.63, 3.8) is 0 Å². The third-order valence-corrected chi connectivity index (χ3v) is 21.8. The van der Waals surface area contributed by atoms with E-state index in [1.54, 1.807) is 0 Å². The lowest BCUT2D eigenvalue weighted by Crippen LogP contribution is -2.37. The fourth-order valence-corrected chi connectivity index (χ4v) is 14.7. The number of nitrogens with zero attached hydrogens (tertiary/aromatic N) is 1. The van der Waals surface area contributed by atoms with Crippen molar-refractivity contribution in [2.45, 2.75) is 476 Å². The first-order valence-corrected chi connectivity index (χ1v) is 47.0. The molecule has 103 heavy (non-hydrogen) atoms. The number of carbonyl (C=O) groups is 2. The minimum Gasteiger partial charge on any atom is -0.756 e. The van der Waals surface area contributed by atoms with Gasteiger partial charge in [0.1, 0.15) is 19.8 Å². The molecule has 0 amide bonds. The van der Waals surface area contributed by atoms with Crippen LogP contribution in [0, 0.1) is 0 Å². The number of rotatable bonds is 86. The van der Waals surface area contributed by atoms with Gasteiger partial charge in [-0.15, -0.1) is 0 Å². The lowest BCUT2D eigenvalue weighted by atomic mass is 10.0. The van der Waals surface area contributed by atoms with Crippen LogP contribution in [0.4, 0.5) is 0 Å². The number of quaternary nitrogens is 1. The van der Waals surface area contributed by atoms with Gasteiger partial charge in [0.15, 0.2) is 6.10 Å². The Hall–Kier alpha value is -2.29. The normalized spacial score (nSPS) is 13.2. The molecule has 9 nitrogen and oxygen atoms in total. The van der Waals surface area contributed by atoms with Crippen molar-refractivity contribution >= 4 is 19.8 Å². The zero-order valence-electron chi connectivity index (χ0n) is 69.5. The molecule has 606 valence electrons. The first kappa shape index (κ1) is 101. The van der Waals surface area contributed by atoms with Crippen LogP contribution in [0.3, 0.4) is 0 Å². The molecule has 0 heterocycles. The van der Waals surface area contributed by atoms with Crippen molar-refractivity contribution < 1.29 is 42.1 Å². The minimum atomic E-state index is -4.65. The average molecular weight is 1470 g/mol. The third-order valence-electron chi connectivity index (χ3n) is 20.8. The Morgan fingerprint density at radius 2 is 0.553 bits per heavy atom. The highest BCUT2D eigenvalue weighted by Gasteiger charge is 2.22. The van der Waals surface area contributed by atoms with Crippen LogP contribution in [0.2, 0.25) is 0 Å². The number of allylic oxidation sites excluding steroid dienone is 10. The third kappa shape index (κ3) is 88.5. The van der Waals surface area contributed by atoms with Gasteiger partial charge in [-0.3, -0.25) is 14.2 Å². The Morgan fingerprint density at radius 1 is 0.311 bits per heavy atom. The number of ether oxygens (including phenoxy) is 2. The van der Waals surface area contributed by atoms with Gasteiger partial charge in [-0.1, -0.05) is 460 Å². The molecular formula is C93H176NO8P. The van der Waals surface area contributed by atoms with Crippen molar-refractivity contribution in [2.75, 3.05) is 47.5 Å². The summed E-state index contributed by atoms with van der Waals surface area (Å²) in [5.74, 6) is -0.805. The van der Waals surface area contributed by atoms with Crippen LogP contribution in [-0.4, -0.2) is 70.0 Å². The van der Waals surface area contributed by atoms with Crippen LogP contribution in [0.1, 0.15) is 470 Å². The van der Waals surface area contributed by atoms with Gasteiger partial charge in [0.2, 0.25) is 0 Å². The molecule has 0 bridgehead atoms. The van der Waals surface area contributed by atoms with Crippen LogP contribution in [0.15, 0.2) is 60.8 Å². The van der Waals surface area contributed by atoms with Gasteiger partial charge in [0.05, 0.1) is 27.7 Å². The molecule has 0 aromatic carbocycles.